The molecule has 0 bridgehead atoms. The Morgan fingerprint density at radius 1 is 1.24 bits per heavy atom. The van der Waals surface area contributed by atoms with Gasteiger partial charge >= 0.3 is 5.69 Å². The smallest absolute Gasteiger partial charge is 0.330 e. The topological polar surface area (TPSA) is 96.2 Å². The third kappa shape index (κ3) is 5.69. The summed E-state index contributed by atoms with van der Waals surface area (Å²) < 4.78 is 1.40. The van der Waals surface area contributed by atoms with Gasteiger partial charge in [0, 0.05) is 18.8 Å². The van der Waals surface area contributed by atoms with Crippen molar-refractivity contribution in [3.63, 3.8) is 0 Å². The van der Waals surface area contributed by atoms with Gasteiger partial charge in [-0.1, -0.05) is 33.3 Å². The Kier molecular flexibility index (Phi) is 7.61. The molecule has 1 aromatic heterocycles. The van der Waals surface area contributed by atoms with E-state index >= 15 is 0 Å². The van der Waals surface area contributed by atoms with Gasteiger partial charge in [-0.05, 0) is 61.7 Å². The van der Waals surface area contributed by atoms with Crippen molar-refractivity contribution in [1.82, 2.24) is 9.55 Å². The standard InChI is InChI=1S/C21H31N5O2S/c1-6-7-8-25(21(29)23-16-10-14(4)9-15(5)11-16)17-18(22)26(12-13(2)3)20(28)24-19(17)27/h9-11,13H,6-8,12,22H2,1-5H3,(H,23,29)(H,24,27,28). The van der Waals surface area contributed by atoms with Crippen LogP contribution in [0.5, 0.6) is 0 Å². The lowest BCUT2D eigenvalue weighted by atomic mass is 10.1. The molecule has 8 heteroatoms. The highest BCUT2D eigenvalue weighted by molar-refractivity contribution is 7.80. The molecule has 0 atom stereocenters. The Morgan fingerprint density at radius 2 is 1.86 bits per heavy atom. The first-order valence-electron chi connectivity index (χ1n) is 9.93. The summed E-state index contributed by atoms with van der Waals surface area (Å²) in [4.78, 5) is 29.1. The molecular formula is C21H31N5O2S. The lowest BCUT2D eigenvalue weighted by Gasteiger charge is -2.27. The number of anilines is 3. The summed E-state index contributed by atoms with van der Waals surface area (Å²) in [7, 11) is 0. The highest BCUT2D eigenvalue weighted by Crippen LogP contribution is 2.21. The number of nitrogens with one attached hydrogen (secondary N) is 2. The van der Waals surface area contributed by atoms with E-state index in [-0.39, 0.29) is 17.4 Å². The molecule has 0 saturated heterocycles. The highest BCUT2D eigenvalue weighted by Gasteiger charge is 2.22. The zero-order valence-corrected chi connectivity index (χ0v) is 18.7. The molecule has 0 aliphatic carbocycles. The van der Waals surface area contributed by atoms with E-state index in [1.807, 2.05) is 39.8 Å². The van der Waals surface area contributed by atoms with Crippen molar-refractivity contribution in [2.45, 2.75) is 54.0 Å². The van der Waals surface area contributed by atoms with Gasteiger partial charge in [0.1, 0.15) is 5.82 Å². The van der Waals surface area contributed by atoms with Gasteiger partial charge < -0.3 is 16.0 Å². The van der Waals surface area contributed by atoms with Crippen molar-refractivity contribution in [2.75, 3.05) is 22.5 Å². The molecule has 2 rings (SSSR count). The molecule has 1 heterocycles. The van der Waals surface area contributed by atoms with Crippen LogP contribution < -0.4 is 27.2 Å². The van der Waals surface area contributed by atoms with Crippen LogP contribution in [0, 0.1) is 19.8 Å². The Labute approximate surface area is 176 Å². The van der Waals surface area contributed by atoms with E-state index in [1.165, 1.54) is 4.57 Å². The molecule has 0 fully saturated rings. The predicted molar refractivity (Wildman–Crippen MR) is 125 cm³/mol. The molecule has 0 saturated carbocycles. The molecule has 4 N–H and O–H groups in total. The predicted octanol–water partition coefficient (Wildman–Crippen LogP) is 3.40. The van der Waals surface area contributed by atoms with Crippen LogP contribution >= 0.6 is 12.2 Å². The van der Waals surface area contributed by atoms with Crippen LogP contribution in [0.2, 0.25) is 0 Å². The average Bonchev–Trinajstić information content (AvgIpc) is 2.60. The van der Waals surface area contributed by atoms with Gasteiger partial charge in [0.05, 0.1) is 0 Å². The van der Waals surface area contributed by atoms with E-state index in [4.69, 9.17) is 18.0 Å². The summed E-state index contributed by atoms with van der Waals surface area (Å²) in [5, 5.41) is 3.59. The SMILES string of the molecule is CCCCN(C(=S)Nc1cc(C)cc(C)c1)c1c(N)n(CC(C)C)c(=O)[nH]c1=O. The summed E-state index contributed by atoms with van der Waals surface area (Å²) in [6.45, 7) is 11.0. The molecule has 0 amide bonds. The Balaban J connectivity index is 2.50. The second-order valence-corrected chi connectivity index (χ2v) is 8.20. The van der Waals surface area contributed by atoms with E-state index in [0.29, 0.717) is 18.2 Å². The number of unbranched alkanes of at least 4 members (excludes halogenated alkanes) is 1. The van der Waals surface area contributed by atoms with Crippen molar-refractivity contribution in [3.8, 4) is 0 Å². The maximum Gasteiger partial charge on any atom is 0.330 e. The number of hydrogen-bond donors (Lipinski definition) is 3. The molecule has 1 aromatic carbocycles. The fourth-order valence-corrected chi connectivity index (χ4v) is 3.55. The van der Waals surface area contributed by atoms with Gasteiger partial charge in [0.2, 0.25) is 0 Å². The molecular weight excluding hydrogens is 386 g/mol. The van der Waals surface area contributed by atoms with Crippen LogP contribution in [-0.4, -0.2) is 21.2 Å². The van der Waals surface area contributed by atoms with Crippen molar-refractivity contribution >= 4 is 34.5 Å². The number of rotatable bonds is 7. The van der Waals surface area contributed by atoms with E-state index in [9.17, 15) is 9.59 Å². The van der Waals surface area contributed by atoms with E-state index in [1.54, 1.807) is 4.90 Å². The molecule has 0 aliphatic rings. The minimum Gasteiger partial charge on any atom is -0.383 e. The first-order valence-corrected chi connectivity index (χ1v) is 10.3. The number of hydrogen-bond acceptors (Lipinski definition) is 4. The quantitative estimate of drug-likeness (QED) is 0.598. The summed E-state index contributed by atoms with van der Waals surface area (Å²) in [6.07, 6.45) is 1.74. The molecule has 0 unspecified atom stereocenters. The number of aromatic amines is 1. The number of benzene rings is 1. The molecule has 0 spiro atoms. The third-order valence-corrected chi connectivity index (χ3v) is 4.81. The lowest BCUT2D eigenvalue weighted by Crippen LogP contribution is -2.43. The second-order valence-electron chi connectivity index (χ2n) is 7.81. The van der Waals surface area contributed by atoms with Crippen LogP contribution in [0.3, 0.4) is 0 Å². The maximum atomic E-state index is 12.7. The third-order valence-electron chi connectivity index (χ3n) is 4.49. The highest BCUT2D eigenvalue weighted by atomic mass is 32.1. The summed E-state index contributed by atoms with van der Waals surface area (Å²) in [5.41, 5.74) is 8.53. The monoisotopic (exact) mass is 417 g/mol. The number of nitrogens with zero attached hydrogens (tertiary/aromatic N) is 2. The van der Waals surface area contributed by atoms with E-state index in [2.05, 4.69) is 23.3 Å². The van der Waals surface area contributed by atoms with Crippen molar-refractivity contribution in [1.29, 1.82) is 0 Å². The number of nitrogen functional groups attached to an aromatic ring is 1. The molecule has 0 aliphatic heterocycles. The van der Waals surface area contributed by atoms with Gasteiger partial charge in [-0.2, -0.15) is 0 Å². The molecule has 158 valence electrons. The summed E-state index contributed by atoms with van der Waals surface area (Å²) >= 11 is 5.64. The normalized spacial score (nSPS) is 11.0. The van der Waals surface area contributed by atoms with Crippen molar-refractivity contribution < 1.29 is 0 Å². The van der Waals surface area contributed by atoms with Gasteiger partial charge in [-0.25, -0.2) is 4.79 Å². The van der Waals surface area contributed by atoms with Crippen molar-refractivity contribution in [3.05, 3.63) is 50.2 Å². The van der Waals surface area contributed by atoms with Crippen LogP contribution in [0.1, 0.15) is 44.7 Å². The van der Waals surface area contributed by atoms with Crippen LogP contribution in [0.15, 0.2) is 27.8 Å². The van der Waals surface area contributed by atoms with E-state index in [0.717, 1.165) is 29.7 Å². The van der Waals surface area contributed by atoms with Crippen LogP contribution in [-0.2, 0) is 6.54 Å². The zero-order chi connectivity index (χ0) is 21.7. The van der Waals surface area contributed by atoms with Crippen LogP contribution in [0.4, 0.5) is 17.2 Å². The Bertz CT molecular complexity index is 973. The molecule has 0 radical (unpaired) electrons. The number of nitrogens with two attached hydrogens (primary N) is 1. The number of aromatic nitrogens is 2. The lowest BCUT2D eigenvalue weighted by molar-refractivity contribution is 0.507. The van der Waals surface area contributed by atoms with Crippen molar-refractivity contribution in [2.24, 2.45) is 5.92 Å². The number of H-pyrrole nitrogens is 1. The first-order chi connectivity index (χ1) is 13.6. The Hall–Kier alpha value is -2.61. The summed E-state index contributed by atoms with van der Waals surface area (Å²) in [5.74, 6) is 0.325. The minimum absolute atomic E-state index is 0.133. The van der Waals surface area contributed by atoms with E-state index < -0.39 is 11.2 Å². The molecule has 29 heavy (non-hydrogen) atoms. The fraction of sp³-hybridized carbons (Fsp3) is 0.476. The van der Waals surface area contributed by atoms with Gasteiger partial charge in [-0.15, -0.1) is 0 Å². The average molecular weight is 418 g/mol. The van der Waals surface area contributed by atoms with Gasteiger partial charge in [-0.3, -0.25) is 14.3 Å². The second kappa shape index (κ2) is 9.73. The molecule has 7 nitrogen and oxygen atoms in total. The number of thiocarbonyl (C=S) groups is 1. The van der Waals surface area contributed by atoms with Gasteiger partial charge in [0.25, 0.3) is 5.56 Å². The maximum absolute atomic E-state index is 12.7. The number of aryl methyl sites for hydroxylation is 2. The zero-order valence-electron chi connectivity index (χ0n) is 17.8. The largest absolute Gasteiger partial charge is 0.383 e. The molecule has 2 aromatic rings. The Morgan fingerprint density at radius 3 is 2.41 bits per heavy atom. The fourth-order valence-electron chi connectivity index (χ4n) is 3.25. The van der Waals surface area contributed by atoms with Gasteiger partial charge in [0.15, 0.2) is 10.8 Å². The summed E-state index contributed by atoms with van der Waals surface area (Å²) in [6, 6.07) is 6.06. The van der Waals surface area contributed by atoms with Crippen LogP contribution in [0.25, 0.3) is 0 Å². The minimum atomic E-state index is -0.534. The first kappa shape index (κ1) is 22.7.